The van der Waals surface area contributed by atoms with E-state index in [9.17, 15) is 18.0 Å². The zero-order chi connectivity index (χ0) is 19.9. The second kappa shape index (κ2) is 9.63. The molecule has 9 heteroatoms. The summed E-state index contributed by atoms with van der Waals surface area (Å²) in [6, 6.07) is 13.1. The topological polar surface area (TPSA) is 104 Å². The smallest absolute Gasteiger partial charge is 0.251 e. The van der Waals surface area contributed by atoms with Crippen molar-refractivity contribution in [3.8, 4) is 0 Å². The van der Waals surface area contributed by atoms with E-state index in [0.29, 0.717) is 5.56 Å². The van der Waals surface area contributed by atoms with Crippen molar-refractivity contribution in [1.29, 1.82) is 0 Å². The Morgan fingerprint density at radius 1 is 1.07 bits per heavy atom. The molecule has 0 radical (unpaired) electrons. The number of amides is 2. The molecule has 0 aliphatic carbocycles. The van der Waals surface area contributed by atoms with Crippen LogP contribution in [-0.2, 0) is 21.4 Å². The van der Waals surface area contributed by atoms with Crippen molar-refractivity contribution in [3.05, 3.63) is 64.1 Å². The van der Waals surface area contributed by atoms with Crippen molar-refractivity contribution in [1.82, 2.24) is 15.4 Å². The molecule has 2 aromatic rings. The maximum Gasteiger partial charge on any atom is 0.251 e. The first-order chi connectivity index (χ1) is 12.8. The Morgan fingerprint density at radius 2 is 1.78 bits per heavy atom. The first-order valence-corrected chi connectivity index (χ1v) is 10.4. The van der Waals surface area contributed by atoms with E-state index in [2.05, 4.69) is 31.3 Å². The van der Waals surface area contributed by atoms with Gasteiger partial charge in [0, 0.05) is 36.6 Å². The van der Waals surface area contributed by atoms with Gasteiger partial charge < -0.3 is 10.6 Å². The third-order valence-corrected chi connectivity index (χ3v) is 5.68. The van der Waals surface area contributed by atoms with Gasteiger partial charge in [0.25, 0.3) is 5.91 Å². The second-order valence-corrected chi connectivity index (χ2v) is 8.34. The zero-order valence-corrected chi connectivity index (χ0v) is 17.1. The van der Waals surface area contributed by atoms with Crippen molar-refractivity contribution < 1.29 is 18.0 Å². The molecule has 2 amide bonds. The van der Waals surface area contributed by atoms with Crippen LogP contribution >= 0.6 is 15.9 Å². The highest BCUT2D eigenvalue weighted by atomic mass is 79.9. The van der Waals surface area contributed by atoms with Gasteiger partial charge in [0.05, 0.1) is 4.90 Å². The standard InChI is InChI=1S/C18H20BrN3O4S/c1-20-18(24)14-4-2-3-13(11-14)12-21-17(23)9-10-22-27(25,26)16-7-5-15(19)6-8-16/h2-8,11,22H,9-10,12H2,1H3,(H,20,24)(H,21,23). The molecule has 0 saturated heterocycles. The van der Waals surface area contributed by atoms with Crippen LogP contribution in [0.1, 0.15) is 22.3 Å². The Hall–Kier alpha value is -2.23. The number of hydrogen-bond donors (Lipinski definition) is 3. The molecular formula is C18H20BrN3O4S. The molecule has 0 bridgehead atoms. The summed E-state index contributed by atoms with van der Waals surface area (Å²) in [5.41, 5.74) is 1.28. The van der Waals surface area contributed by atoms with E-state index in [1.807, 2.05) is 0 Å². The highest BCUT2D eigenvalue weighted by Gasteiger charge is 2.14. The quantitative estimate of drug-likeness (QED) is 0.566. The number of benzene rings is 2. The normalized spacial score (nSPS) is 11.0. The largest absolute Gasteiger partial charge is 0.355 e. The van der Waals surface area contributed by atoms with Gasteiger partial charge in [-0.2, -0.15) is 0 Å². The molecule has 0 saturated carbocycles. The third kappa shape index (κ3) is 6.46. The molecule has 0 aromatic heterocycles. The predicted molar refractivity (Wildman–Crippen MR) is 106 cm³/mol. The van der Waals surface area contributed by atoms with Crippen molar-refractivity contribution >= 4 is 37.8 Å². The molecule has 0 heterocycles. The Morgan fingerprint density at radius 3 is 2.44 bits per heavy atom. The summed E-state index contributed by atoms with van der Waals surface area (Å²) in [5.74, 6) is -0.496. The molecule has 27 heavy (non-hydrogen) atoms. The zero-order valence-electron chi connectivity index (χ0n) is 14.7. The van der Waals surface area contributed by atoms with Crippen LogP contribution in [-0.4, -0.2) is 33.8 Å². The number of carbonyl (C=O) groups is 2. The van der Waals surface area contributed by atoms with E-state index in [4.69, 9.17) is 0 Å². The van der Waals surface area contributed by atoms with Crippen LogP contribution < -0.4 is 15.4 Å². The lowest BCUT2D eigenvalue weighted by Gasteiger charge is -2.09. The highest BCUT2D eigenvalue weighted by molar-refractivity contribution is 9.10. The van der Waals surface area contributed by atoms with Gasteiger partial charge in [0.1, 0.15) is 0 Å². The first kappa shape index (κ1) is 21.1. The first-order valence-electron chi connectivity index (χ1n) is 8.15. The minimum absolute atomic E-state index is 0.00486. The lowest BCUT2D eigenvalue weighted by molar-refractivity contribution is -0.121. The van der Waals surface area contributed by atoms with Crippen LogP contribution in [0.2, 0.25) is 0 Å². The van der Waals surface area contributed by atoms with Crippen LogP contribution in [0.25, 0.3) is 0 Å². The highest BCUT2D eigenvalue weighted by Crippen LogP contribution is 2.14. The summed E-state index contributed by atoms with van der Waals surface area (Å²) in [7, 11) is -2.11. The third-order valence-electron chi connectivity index (χ3n) is 3.67. The van der Waals surface area contributed by atoms with Crippen molar-refractivity contribution in [2.45, 2.75) is 17.9 Å². The fraction of sp³-hybridized carbons (Fsp3) is 0.222. The Balaban J connectivity index is 1.81. The minimum atomic E-state index is -3.65. The summed E-state index contributed by atoms with van der Waals surface area (Å²) in [6.45, 7) is 0.242. The van der Waals surface area contributed by atoms with Gasteiger partial charge in [-0.05, 0) is 42.0 Å². The molecular weight excluding hydrogens is 434 g/mol. The van der Waals surface area contributed by atoms with E-state index < -0.39 is 10.0 Å². The van der Waals surface area contributed by atoms with Crippen LogP contribution in [0.15, 0.2) is 57.9 Å². The lowest BCUT2D eigenvalue weighted by atomic mass is 10.1. The Labute approximate surface area is 166 Å². The number of halogens is 1. The summed E-state index contributed by atoms with van der Waals surface area (Å²) < 4.78 is 27.5. The van der Waals surface area contributed by atoms with Gasteiger partial charge >= 0.3 is 0 Å². The molecule has 2 aromatic carbocycles. The van der Waals surface area contributed by atoms with Crippen molar-refractivity contribution in [2.75, 3.05) is 13.6 Å². The summed E-state index contributed by atoms with van der Waals surface area (Å²) >= 11 is 3.25. The lowest BCUT2D eigenvalue weighted by Crippen LogP contribution is -2.30. The van der Waals surface area contributed by atoms with Crippen molar-refractivity contribution in [3.63, 3.8) is 0 Å². The fourth-order valence-corrected chi connectivity index (χ4v) is 3.55. The SMILES string of the molecule is CNC(=O)c1cccc(CNC(=O)CCNS(=O)(=O)c2ccc(Br)cc2)c1. The van der Waals surface area contributed by atoms with Crippen LogP contribution in [0.4, 0.5) is 0 Å². The number of hydrogen-bond acceptors (Lipinski definition) is 4. The molecule has 0 aliphatic rings. The number of rotatable bonds is 8. The second-order valence-electron chi connectivity index (χ2n) is 5.66. The van der Waals surface area contributed by atoms with E-state index in [1.54, 1.807) is 43.4 Å². The monoisotopic (exact) mass is 453 g/mol. The van der Waals surface area contributed by atoms with Gasteiger partial charge in [-0.1, -0.05) is 28.1 Å². The minimum Gasteiger partial charge on any atom is -0.355 e. The van der Waals surface area contributed by atoms with Gasteiger partial charge in [0.15, 0.2) is 0 Å². The molecule has 7 nitrogen and oxygen atoms in total. The van der Waals surface area contributed by atoms with Gasteiger partial charge in [-0.3, -0.25) is 9.59 Å². The molecule has 2 rings (SSSR count). The molecule has 0 unspecified atom stereocenters. The van der Waals surface area contributed by atoms with E-state index in [0.717, 1.165) is 10.0 Å². The summed E-state index contributed by atoms with van der Waals surface area (Å²) in [5, 5.41) is 5.24. The van der Waals surface area contributed by atoms with Gasteiger partial charge in [-0.25, -0.2) is 13.1 Å². The maximum absolute atomic E-state index is 12.1. The van der Waals surface area contributed by atoms with Crippen molar-refractivity contribution in [2.24, 2.45) is 0 Å². The Bertz CT molecular complexity index is 914. The average Bonchev–Trinajstić information content (AvgIpc) is 2.66. The van der Waals surface area contributed by atoms with Gasteiger partial charge in [0.2, 0.25) is 15.9 Å². The van der Waals surface area contributed by atoms with Crippen LogP contribution in [0.5, 0.6) is 0 Å². The molecule has 0 fully saturated rings. The fourth-order valence-electron chi connectivity index (χ4n) is 2.25. The van der Waals surface area contributed by atoms with Crippen LogP contribution in [0.3, 0.4) is 0 Å². The average molecular weight is 454 g/mol. The predicted octanol–water partition coefficient (Wildman–Crippen LogP) is 1.79. The Kier molecular flexibility index (Phi) is 7.52. The van der Waals surface area contributed by atoms with Crippen LogP contribution in [0, 0.1) is 0 Å². The van der Waals surface area contributed by atoms with E-state index >= 15 is 0 Å². The number of sulfonamides is 1. The van der Waals surface area contributed by atoms with E-state index in [-0.39, 0.29) is 36.2 Å². The molecule has 144 valence electrons. The number of nitrogens with one attached hydrogen (secondary N) is 3. The number of carbonyl (C=O) groups excluding carboxylic acids is 2. The molecule has 0 atom stereocenters. The van der Waals surface area contributed by atoms with Gasteiger partial charge in [-0.15, -0.1) is 0 Å². The molecule has 0 aliphatic heterocycles. The molecule has 3 N–H and O–H groups in total. The summed E-state index contributed by atoms with van der Waals surface area (Å²) in [6.07, 6.45) is 0.00486. The van der Waals surface area contributed by atoms with E-state index in [1.165, 1.54) is 12.1 Å². The maximum atomic E-state index is 12.1. The summed E-state index contributed by atoms with van der Waals surface area (Å²) in [4.78, 5) is 23.7. The molecule has 0 spiro atoms.